The third-order valence-corrected chi connectivity index (χ3v) is 2.97. The molecule has 0 radical (unpaired) electrons. The summed E-state index contributed by atoms with van der Waals surface area (Å²) in [6.45, 7) is 0.510. The number of aromatic amines is 1. The number of rotatable bonds is 3. The van der Waals surface area contributed by atoms with Gasteiger partial charge in [-0.15, -0.1) is 5.10 Å². The van der Waals surface area contributed by atoms with Crippen molar-refractivity contribution >= 4 is 22.9 Å². The number of aromatic nitrogens is 4. The highest BCUT2D eigenvalue weighted by Crippen LogP contribution is 2.06. The molecule has 0 unspecified atom stereocenters. The molecule has 0 saturated carbocycles. The van der Waals surface area contributed by atoms with Gasteiger partial charge >= 0.3 is 4.87 Å². The number of hydrogen-bond donors (Lipinski definition) is 2. The van der Waals surface area contributed by atoms with Gasteiger partial charge in [-0.2, -0.15) is 4.98 Å². The minimum atomic E-state index is -0.0511. The summed E-state index contributed by atoms with van der Waals surface area (Å²) in [6.07, 6.45) is 1.83. The Bertz CT molecular complexity index is 665. The number of pyridine rings is 1. The number of anilines is 1. The number of fused-ring (bicyclic) bond motifs is 1. The molecule has 0 spiro atoms. The highest BCUT2D eigenvalue weighted by Gasteiger charge is 2.02. The van der Waals surface area contributed by atoms with Crippen LogP contribution in [0.2, 0.25) is 0 Å². The van der Waals surface area contributed by atoms with E-state index in [0.717, 1.165) is 22.7 Å². The van der Waals surface area contributed by atoms with Gasteiger partial charge in [0.05, 0.1) is 6.54 Å². The lowest BCUT2D eigenvalue weighted by Crippen LogP contribution is -2.04. The second kappa shape index (κ2) is 4.02. The molecule has 0 fully saturated rings. The minimum Gasteiger partial charge on any atom is -0.347 e. The molecule has 0 amide bonds. The number of H-pyrrole nitrogens is 1. The molecule has 3 aromatic rings. The minimum absolute atomic E-state index is 0.0511. The molecule has 0 atom stereocenters. The molecule has 3 heterocycles. The summed E-state index contributed by atoms with van der Waals surface area (Å²) in [5.41, 5.74) is 1.62. The fourth-order valence-corrected chi connectivity index (χ4v) is 2.06. The summed E-state index contributed by atoms with van der Waals surface area (Å²) in [5.74, 6) is 0.545. The van der Waals surface area contributed by atoms with Crippen LogP contribution in [0.15, 0.2) is 34.6 Å². The van der Waals surface area contributed by atoms with Gasteiger partial charge in [0.15, 0.2) is 5.65 Å². The molecule has 0 aliphatic heterocycles. The molecule has 2 N–H and O–H groups in total. The maximum Gasteiger partial charge on any atom is 0.304 e. The van der Waals surface area contributed by atoms with Crippen molar-refractivity contribution in [1.29, 1.82) is 0 Å². The summed E-state index contributed by atoms with van der Waals surface area (Å²) < 4.78 is 1.69. The van der Waals surface area contributed by atoms with E-state index in [1.165, 1.54) is 0 Å². The molecule has 0 aromatic carbocycles. The van der Waals surface area contributed by atoms with E-state index in [2.05, 4.69) is 20.4 Å². The molecule has 0 bridgehead atoms. The first-order valence-corrected chi connectivity index (χ1v) is 5.91. The van der Waals surface area contributed by atoms with Crippen molar-refractivity contribution in [3.05, 3.63) is 45.1 Å². The normalized spacial score (nSPS) is 10.8. The number of hydrogen-bond acceptors (Lipinski definition) is 5. The van der Waals surface area contributed by atoms with Crippen molar-refractivity contribution in [1.82, 2.24) is 19.6 Å². The van der Waals surface area contributed by atoms with Crippen molar-refractivity contribution in [2.45, 2.75) is 6.54 Å². The third-order valence-electron chi connectivity index (χ3n) is 2.25. The van der Waals surface area contributed by atoms with Crippen molar-refractivity contribution < 1.29 is 0 Å². The maximum atomic E-state index is 10.9. The quantitative estimate of drug-likeness (QED) is 0.726. The zero-order valence-corrected chi connectivity index (χ0v) is 9.57. The lowest BCUT2D eigenvalue weighted by Gasteiger charge is -1.96. The SMILES string of the molecule is O=c1[nH]c(CNc2nc3ccccn3n2)cs1. The average molecular weight is 247 g/mol. The highest BCUT2D eigenvalue weighted by molar-refractivity contribution is 7.07. The van der Waals surface area contributed by atoms with E-state index in [1.54, 1.807) is 9.90 Å². The summed E-state index contributed by atoms with van der Waals surface area (Å²) in [4.78, 5) is 17.9. The Morgan fingerprint density at radius 1 is 1.47 bits per heavy atom. The van der Waals surface area contributed by atoms with Gasteiger partial charge in [-0.3, -0.25) is 4.79 Å². The Morgan fingerprint density at radius 2 is 2.41 bits per heavy atom. The summed E-state index contributed by atoms with van der Waals surface area (Å²) >= 11 is 1.15. The second-order valence-corrected chi connectivity index (χ2v) is 4.31. The van der Waals surface area contributed by atoms with Crippen LogP contribution in [0.1, 0.15) is 5.69 Å². The molecule has 6 nitrogen and oxygen atoms in total. The first-order chi connectivity index (χ1) is 8.31. The lowest BCUT2D eigenvalue weighted by atomic mass is 10.5. The van der Waals surface area contributed by atoms with E-state index in [4.69, 9.17) is 0 Å². The molecule has 0 saturated heterocycles. The fourth-order valence-electron chi connectivity index (χ4n) is 1.48. The van der Waals surface area contributed by atoms with Crippen LogP contribution < -0.4 is 10.2 Å². The van der Waals surface area contributed by atoms with E-state index in [1.807, 2.05) is 24.4 Å². The Labute approximate surface area is 100.0 Å². The van der Waals surface area contributed by atoms with E-state index in [0.29, 0.717) is 12.5 Å². The first-order valence-electron chi connectivity index (χ1n) is 5.03. The van der Waals surface area contributed by atoms with Gasteiger partial charge in [0.25, 0.3) is 0 Å². The van der Waals surface area contributed by atoms with Crippen LogP contribution in [-0.4, -0.2) is 19.6 Å². The molecule has 17 heavy (non-hydrogen) atoms. The molecule has 7 heteroatoms. The summed E-state index contributed by atoms with van der Waals surface area (Å²) in [6, 6.07) is 5.68. The van der Waals surface area contributed by atoms with Crippen LogP contribution in [0.4, 0.5) is 5.95 Å². The lowest BCUT2D eigenvalue weighted by molar-refractivity contribution is 0.943. The Hall–Kier alpha value is -2.15. The smallest absolute Gasteiger partial charge is 0.304 e. The van der Waals surface area contributed by atoms with Gasteiger partial charge in [-0.25, -0.2) is 4.52 Å². The van der Waals surface area contributed by atoms with Gasteiger partial charge < -0.3 is 10.3 Å². The van der Waals surface area contributed by atoms with Gasteiger partial charge in [-0.1, -0.05) is 17.4 Å². The molecular formula is C10H9N5OS. The summed E-state index contributed by atoms with van der Waals surface area (Å²) in [5, 5.41) is 9.08. The predicted molar refractivity (Wildman–Crippen MR) is 65.3 cm³/mol. The first kappa shape index (κ1) is 10.0. The zero-order valence-electron chi connectivity index (χ0n) is 8.75. The molecule has 3 rings (SSSR count). The Balaban J connectivity index is 1.78. The van der Waals surface area contributed by atoms with Gasteiger partial charge in [-0.05, 0) is 12.1 Å². The van der Waals surface area contributed by atoms with E-state index in [9.17, 15) is 4.79 Å². The fraction of sp³-hybridized carbons (Fsp3) is 0.100. The van der Waals surface area contributed by atoms with Crippen molar-refractivity contribution in [2.75, 3.05) is 5.32 Å². The molecule has 86 valence electrons. The second-order valence-electron chi connectivity index (χ2n) is 3.47. The standard InChI is InChI=1S/C10H9N5OS/c16-10-12-7(6-17-10)5-11-9-13-8-3-1-2-4-15(8)14-9/h1-4,6H,5H2,(H,11,14)(H,12,16). The van der Waals surface area contributed by atoms with Crippen LogP contribution >= 0.6 is 11.3 Å². The number of thiazole rings is 1. The number of nitrogens with zero attached hydrogens (tertiary/aromatic N) is 3. The molecular weight excluding hydrogens is 238 g/mol. The average Bonchev–Trinajstić information content (AvgIpc) is 2.91. The molecule has 0 aliphatic carbocycles. The molecule has 3 aromatic heterocycles. The molecule has 0 aliphatic rings. The van der Waals surface area contributed by atoms with Crippen LogP contribution in [-0.2, 0) is 6.54 Å². The Morgan fingerprint density at radius 3 is 3.18 bits per heavy atom. The van der Waals surface area contributed by atoms with Crippen LogP contribution in [0.5, 0.6) is 0 Å². The summed E-state index contributed by atoms with van der Waals surface area (Å²) in [7, 11) is 0. The largest absolute Gasteiger partial charge is 0.347 e. The van der Waals surface area contributed by atoms with Crippen molar-refractivity contribution in [3.8, 4) is 0 Å². The van der Waals surface area contributed by atoms with E-state index < -0.39 is 0 Å². The van der Waals surface area contributed by atoms with Gasteiger partial charge in [0, 0.05) is 17.3 Å². The van der Waals surface area contributed by atoms with E-state index in [-0.39, 0.29) is 4.87 Å². The monoisotopic (exact) mass is 247 g/mol. The third kappa shape index (κ3) is 2.04. The maximum absolute atomic E-state index is 10.9. The van der Waals surface area contributed by atoms with Crippen LogP contribution in [0, 0.1) is 0 Å². The van der Waals surface area contributed by atoms with Crippen molar-refractivity contribution in [2.24, 2.45) is 0 Å². The van der Waals surface area contributed by atoms with E-state index >= 15 is 0 Å². The van der Waals surface area contributed by atoms with Crippen LogP contribution in [0.3, 0.4) is 0 Å². The van der Waals surface area contributed by atoms with Gasteiger partial charge in [0.1, 0.15) is 0 Å². The number of nitrogens with one attached hydrogen (secondary N) is 2. The predicted octanol–water partition coefficient (Wildman–Crippen LogP) is 1.09. The zero-order chi connectivity index (χ0) is 11.7. The Kier molecular flexibility index (Phi) is 2.37. The van der Waals surface area contributed by atoms with Gasteiger partial charge in [0.2, 0.25) is 5.95 Å². The van der Waals surface area contributed by atoms with Crippen LogP contribution in [0.25, 0.3) is 5.65 Å². The van der Waals surface area contributed by atoms with Crippen molar-refractivity contribution in [3.63, 3.8) is 0 Å². The topological polar surface area (TPSA) is 75.1 Å². The highest BCUT2D eigenvalue weighted by atomic mass is 32.1.